The maximum atomic E-state index is 12.0. The summed E-state index contributed by atoms with van der Waals surface area (Å²) in [6.07, 6.45) is 19.0. The van der Waals surface area contributed by atoms with E-state index >= 15 is 0 Å². The van der Waals surface area contributed by atoms with Crippen molar-refractivity contribution >= 4 is 24.0 Å². The molecule has 15 nitrogen and oxygen atoms in total. The van der Waals surface area contributed by atoms with Gasteiger partial charge in [-0.15, -0.1) is 5.10 Å². The minimum absolute atomic E-state index is 0.0533. The van der Waals surface area contributed by atoms with E-state index in [-0.39, 0.29) is 51.4 Å². The molecule has 0 spiro atoms. The monoisotopic (exact) mass is 654 g/mol. The minimum atomic E-state index is -0.398. The van der Waals surface area contributed by atoms with Crippen molar-refractivity contribution in [2.75, 3.05) is 65.9 Å². The summed E-state index contributed by atoms with van der Waals surface area (Å²) in [7, 11) is 0. The summed E-state index contributed by atoms with van der Waals surface area (Å²) in [6, 6.07) is 0. The van der Waals surface area contributed by atoms with Crippen LogP contribution in [-0.4, -0.2) is 116 Å². The Morgan fingerprint density at radius 1 is 0.717 bits per heavy atom. The number of hydrogen-bond acceptors (Lipinski definition) is 11. The van der Waals surface area contributed by atoms with Gasteiger partial charge in [0.2, 0.25) is 24.0 Å². The Hall–Kier alpha value is -3.01. The molecule has 1 aromatic rings. The summed E-state index contributed by atoms with van der Waals surface area (Å²) >= 11 is 0. The van der Waals surface area contributed by atoms with Crippen LogP contribution in [0.4, 0.5) is 0 Å². The second-order valence-corrected chi connectivity index (χ2v) is 11.0. The number of aromatic amines is 1. The molecule has 0 aliphatic heterocycles. The zero-order chi connectivity index (χ0) is 33.3. The number of nitrogens with one attached hydrogen (secondary N) is 3. The third kappa shape index (κ3) is 26.2. The molecule has 15 heteroatoms. The number of H-pyrrole nitrogens is 1. The van der Waals surface area contributed by atoms with Crippen LogP contribution in [0.15, 0.2) is 0 Å². The van der Waals surface area contributed by atoms with Gasteiger partial charge in [0, 0.05) is 32.9 Å². The highest BCUT2D eigenvalue weighted by atomic mass is 16.7. The van der Waals surface area contributed by atoms with Crippen molar-refractivity contribution in [3.05, 3.63) is 5.82 Å². The van der Waals surface area contributed by atoms with Crippen molar-refractivity contribution in [1.82, 2.24) is 36.3 Å². The first-order valence-corrected chi connectivity index (χ1v) is 16.8. The summed E-state index contributed by atoms with van der Waals surface area (Å²) in [4.78, 5) is 50.4. The quantitative estimate of drug-likeness (QED) is 0.0746. The van der Waals surface area contributed by atoms with E-state index in [1.54, 1.807) is 6.29 Å². The highest BCUT2D eigenvalue weighted by Gasteiger charge is 2.08. The summed E-state index contributed by atoms with van der Waals surface area (Å²) < 4.78 is 16.0. The molecule has 0 aliphatic rings. The van der Waals surface area contributed by atoms with E-state index in [1.807, 2.05) is 0 Å². The second kappa shape index (κ2) is 30.6. The predicted octanol–water partition coefficient (Wildman–Crippen LogP) is 2.38. The molecule has 0 saturated carbocycles. The number of hydrogen-bond donors (Lipinski definition) is 3. The molecule has 1 heterocycles. The summed E-state index contributed by atoms with van der Waals surface area (Å²) in [5.74, 6) is 0.261. The van der Waals surface area contributed by atoms with Crippen molar-refractivity contribution in [1.29, 1.82) is 0 Å². The third-order valence-corrected chi connectivity index (χ3v) is 6.98. The third-order valence-electron chi connectivity index (χ3n) is 6.98. The fraction of sp³-hybridized carbons (Fsp3) is 0.839. The van der Waals surface area contributed by atoms with Gasteiger partial charge in [0.15, 0.2) is 0 Å². The van der Waals surface area contributed by atoms with E-state index in [0.717, 1.165) is 36.6 Å². The number of carbonyl (C=O) groups excluding carboxylic acids is 4. The van der Waals surface area contributed by atoms with Crippen molar-refractivity contribution in [2.24, 2.45) is 0 Å². The SMILES string of the molecule is CC(=O)N(C[C]=O)OCCOCCNC(=O)COCCOCCNC(=O)CCCCCCCCCCCCCCCc1nnn[nH]1. The Bertz CT molecular complexity index is 892. The molecule has 3 N–H and O–H groups in total. The average molecular weight is 655 g/mol. The first-order chi connectivity index (χ1) is 22.5. The Labute approximate surface area is 273 Å². The number of rotatable bonds is 33. The molecule has 1 rings (SSSR count). The lowest BCUT2D eigenvalue weighted by Gasteiger charge is -2.17. The van der Waals surface area contributed by atoms with Crippen LogP contribution in [0.1, 0.15) is 103 Å². The van der Waals surface area contributed by atoms with Crippen LogP contribution in [0.25, 0.3) is 0 Å². The molecule has 0 aliphatic carbocycles. The van der Waals surface area contributed by atoms with Gasteiger partial charge in [-0.2, -0.15) is 0 Å². The van der Waals surface area contributed by atoms with E-state index in [2.05, 4.69) is 31.3 Å². The number of carbonyl (C=O) groups is 3. The zero-order valence-corrected chi connectivity index (χ0v) is 27.7. The first-order valence-electron chi connectivity index (χ1n) is 16.8. The van der Waals surface area contributed by atoms with Gasteiger partial charge in [0.1, 0.15) is 19.0 Å². The van der Waals surface area contributed by atoms with Crippen molar-refractivity contribution in [3.63, 3.8) is 0 Å². The fourth-order valence-electron chi connectivity index (χ4n) is 4.47. The van der Waals surface area contributed by atoms with Crippen LogP contribution in [0, 0.1) is 0 Å². The molecule has 46 heavy (non-hydrogen) atoms. The predicted molar refractivity (Wildman–Crippen MR) is 170 cm³/mol. The number of amides is 3. The average Bonchev–Trinajstić information content (AvgIpc) is 3.56. The van der Waals surface area contributed by atoms with Gasteiger partial charge in [-0.1, -0.05) is 70.6 Å². The molecular weight excluding hydrogens is 598 g/mol. The molecule has 263 valence electrons. The van der Waals surface area contributed by atoms with Crippen LogP contribution in [0.5, 0.6) is 0 Å². The van der Waals surface area contributed by atoms with Crippen molar-refractivity contribution < 1.29 is 38.2 Å². The molecule has 0 aromatic carbocycles. The number of nitrogens with zero attached hydrogens (tertiary/aromatic N) is 4. The lowest BCUT2D eigenvalue weighted by molar-refractivity contribution is -0.183. The first kappa shape index (κ1) is 41.0. The number of ether oxygens (including phenoxy) is 3. The highest BCUT2D eigenvalue weighted by molar-refractivity contribution is 5.77. The fourth-order valence-corrected chi connectivity index (χ4v) is 4.47. The Morgan fingerprint density at radius 2 is 1.26 bits per heavy atom. The maximum Gasteiger partial charge on any atom is 0.246 e. The summed E-state index contributed by atoms with van der Waals surface area (Å²) in [5.41, 5.74) is 0. The van der Waals surface area contributed by atoms with Gasteiger partial charge in [-0.3, -0.25) is 24.0 Å². The van der Waals surface area contributed by atoms with Crippen LogP contribution >= 0.6 is 0 Å². The van der Waals surface area contributed by atoms with Crippen LogP contribution in [0.2, 0.25) is 0 Å². The largest absolute Gasteiger partial charge is 0.377 e. The van der Waals surface area contributed by atoms with Gasteiger partial charge in [0.05, 0.1) is 39.6 Å². The van der Waals surface area contributed by atoms with Crippen LogP contribution in [-0.2, 0) is 44.6 Å². The normalized spacial score (nSPS) is 11.0. The topological polar surface area (TPSA) is 187 Å². The van der Waals surface area contributed by atoms with Crippen LogP contribution in [0.3, 0.4) is 0 Å². The molecular formula is C31H56N7O8. The van der Waals surface area contributed by atoms with E-state index in [1.165, 1.54) is 71.1 Å². The van der Waals surface area contributed by atoms with Gasteiger partial charge in [-0.05, 0) is 23.3 Å². The number of aryl methyl sites for hydroxylation is 1. The molecule has 0 bridgehead atoms. The van der Waals surface area contributed by atoms with E-state index in [9.17, 15) is 19.2 Å². The van der Waals surface area contributed by atoms with Gasteiger partial charge in [-0.25, -0.2) is 10.2 Å². The number of tetrazole rings is 1. The Morgan fingerprint density at radius 3 is 1.83 bits per heavy atom. The molecule has 0 fully saturated rings. The van der Waals surface area contributed by atoms with E-state index in [4.69, 9.17) is 19.0 Å². The van der Waals surface area contributed by atoms with Crippen LogP contribution < -0.4 is 10.6 Å². The molecule has 0 atom stereocenters. The molecule has 0 unspecified atom stereocenters. The number of hydroxylamine groups is 2. The van der Waals surface area contributed by atoms with E-state index < -0.39 is 5.91 Å². The van der Waals surface area contributed by atoms with Crippen molar-refractivity contribution in [2.45, 2.75) is 103 Å². The molecule has 1 aromatic heterocycles. The summed E-state index contributed by atoms with van der Waals surface area (Å²) in [6.45, 7) is 3.21. The lowest BCUT2D eigenvalue weighted by atomic mass is 10.0. The van der Waals surface area contributed by atoms with Gasteiger partial charge in [0.25, 0.3) is 0 Å². The van der Waals surface area contributed by atoms with E-state index in [0.29, 0.717) is 32.7 Å². The van der Waals surface area contributed by atoms with Gasteiger partial charge < -0.3 is 24.8 Å². The highest BCUT2D eigenvalue weighted by Crippen LogP contribution is 2.13. The summed E-state index contributed by atoms with van der Waals surface area (Å²) in [5, 5.41) is 20.3. The van der Waals surface area contributed by atoms with Crippen molar-refractivity contribution in [3.8, 4) is 0 Å². The maximum absolute atomic E-state index is 12.0. The smallest absolute Gasteiger partial charge is 0.246 e. The second-order valence-electron chi connectivity index (χ2n) is 11.0. The molecule has 1 radical (unpaired) electrons. The lowest BCUT2D eigenvalue weighted by Crippen LogP contribution is -2.33. The van der Waals surface area contributed by atoms with Gasteiger partial charge >= 0.3 is 0 Å². The Balaban J connectivity index is 1.74. The number of aromatic nitrogens is 4. The molecule has 0 saturated heterocycles. The standard InChI is InChI=1S/C31H56N7O8/c1-28(40)38(19-20-39)46-26-25-44-22-18-33-31(42)27-45-24-23-43-21-17-32-30(41)16-14-12-10-8-6-4-2-3-5-7-9-11-13-15-29-34-36-37-35-29/h2-19,21-27H2,1H3,(H,32,41)(H,33,42)(H,34,35,36,37). The number of unbranched alkanes of at least 4 members (excludes halogenated alkanes) is 12. The Kier molecular flexibility index (Phi) is 27.3. The molecule has 3 amide bonds. The minimum Gasteiger partial charge on any atom is -0.377 e. The zero-order valence-electron chi connectivity index (χ0n) is 27.7.